The van der Waals surface area contributed by atoms with Crippen LogP contribution >= 0.6 is 11.6 Å². The number of esters is 1. The summed E-state index contributed by atoms with van der Waals surface area (Å²) in [5.41, 5.74) is 1.79. The number of hydrogen-bond acceptors (Lipinski definition) is 4. The lowest BCUT2D eigenvalue weighted by Crippen LogP contribution is -2.12. The second-order valence-electron chi connectivity index (χ2n) is 3.93. The second-order valence-corrected chi connectivity index (χ2v) is 4.19. The van der Waals surface area contributed by atoms with E-state index in [-0.39, 0.29) is 30.5 Å². The highest BCUT2D eigenvalue weighted by molar-refractivity contribution is 6.27. The van der Waals surface area contributed by atoms with E-state index in [1.54, 1.807) is 25.1 Å². The van der Waals surface area contributed by atoms with Gasteiger partial charge in [0.2, 0.25) is 0 Å². The Balaban J connectivity index is 2.98. The lowest BCUT2D eigenvalue weighted by molar-refractivity contribution is -0.142. The van der Waals surface area contributed by atoms with Gasteiger partial charge in [-0.2, -0.15) is 5.26 Å². The Hall–Kier alpha value is -1.86. The van der Waals surface area contributed by atoms with Gasteiger partial charge in [0.15, 0.2) is 5.78 Å². The Morgan fingerprint density at radius 2 is 2.05 bits per heavy atom. The third kappa shape index (κ3) is 4.72. The topological polar surface area (TPSA) is 67.2 Å². The molecule has 0 N–H and O–H groups in total. The summed E-state index contributed by atoms with van der Waals surface area (Å²) in [6.07, 6.45) is 0.207. The normalized spacial score (nSPS) is 9.74. The lowest BCUT2D eigenvalue weighted by Gasteiger charge is -2.08. The quantitative estimate of drug-likeness (QED) is 0.590. The Kier molecular flexibility index (Phi) is 6.04. The number of nitrogens with zero attached hydrogens (tertiary/aromatic N) is 1. The van der Waals surface area contributed by atoms with Gasteiger partial charge in [-0.15, -0.1) is 11.6 Å². The highest BCUT2D eigenvalue weighted by atomic mass is 35.5. The summed E-state index contributed by atoms with van der Waals surface area (Å²) in [4.78, 5) is 22.9. The molecule has 0 aliphatic heterocycles. The molecule has 0 amide bonds. The van der Waals surface area contributed by atoms with Crippen LogP contribution in [-0.2, 0) is 27.2 Å². The van der Waals surface area contributed by atoms with E-state index < -0.39 is 0 Å². The fraction of sp³-hybridized carbons (Fsp3) is 0.357. The molecule has 19 heavy (non-hydrogen) atoms. The van der Waals surface area contributed by atoms with Crippen molar-refractivity contribution < 1.29 is 14.3 Å². The van der Waals surface area contributed by atoms with Crippen molar-refractivity contribution >= 4 is 23.4 Å². The molecule has 0 unspecified atom stereocenters. The summed E-state index contributed by atoms with van der Waals surface area (Å²) >= 11 is 5.48. The van der Waals surface area contributed by atoms with E-state index in [9.17, 15) is 9.59 Å². The van der Waals surface area contributed by atoms with E-state index in [0.29, 0.717) is 23.3 Å². The Morgan fingerprint density at radius 1 is 1.32 bits per heavy atom. The van der Waals surface area contributed by atoms with E-state index in [4.69, 9.17) is 21.6 Å². The number of benzene rings is 1. The predicted octanol–water partition coefficient (Wildman–Crippen LogP) is 2.01. The van der Waals surface area contributed by atoms with Crippen LogP contribution in [0.4, 0.5) is 0 Å². The van der Waals surface area contributed by atoms with Gasteiger partial charge in [0.25, 0.3) is 0 Å². The second kappa shape index (κ2) is 7.55. The highest BCUT2D eigenvalue weighted by Gasteiger charge is 2.12. The zero-order valence-corrected chi connectivity index (χ0v) is 11.4. The molecule has 0 aliphatic carbocycles. The van der Waals surface area contributed by atoms with Crippen LogP contribution in [0.2, 0.25) is 0 Å². The summed E-state index contributed by atoms with van der Waals surface area (Å²) < 4.78 is 4.87. The van der Waals surface area contributed by atoms with E-state index in [1.165, 1.54) is 0 Å². The lowest BCUT2D eigenvalue weighted by atomic mass is 9.98. The fourth-order valence-corrected chi connectivity index (χ4v) is 1.75. The molecule has 0 radical (unpaired) electrons. The van der Waals surface area contributed by atoms with Crippen LogP contribution in [0.5, 0.6) is 0 Å². The van der Waals surface area contributed by atoms with Crippen LogP contribution in [-0.4, -0.2) is 24.2 Å². The minimum absolute atomic E-state index is 0.0877. The van der Waals surface area contributed by atoms with Crippen molar-refractivity contribution in [1.82, 2.24) is 0 Å². The van der Waals surface area contributed by atoms with Gasteiger partial charge in [-0.3, -0.25) is 9.59 Å². The predicted molar refractivity (Wildman–Crippen MR) is 70.9 cm³/mol. The van der Waals surface area contributed by atoms with E-state index in [1.807, 2.05) is 6.07 Å². The van der Waals surface area contributed by atoms with Crippen molar-refractivity contribution in [1.29, 1.82) is 5.26 Å². The average Bonchev–Trinajstić information content (AvgIpc) is 2.40. The fourth-order valence-electron chi connectivity index (χ4n) is 1.66. The molecule has 100 valence electrons. The zero-order chi connectivity index (χ0) is 14.3. The molecule has 5 heteroatoms. The molecule has 0 heterocycles. The molecule has 4 nitrogen and oxygen atoms in total. The number of carbonyl (C=O) groups excluding carboxylic acids is 2. The van der Waals surface area contributed by atoms with Gasteiger partial charge in [-0.25, -0.2) is 0 Å². The number of nitriles is 1. The van der Waals surface area contributed by atoms with Gasteiger partial charge >= 0.3 is 5.97 Å². The minimum Gasteiger partial charge on any atom is -0.466 e. The van der Waals surface area contributed by atoms with Gasteiger partial charge in [0.1, 0.15) is 0 Å². The van der Waals surface area contributed by atoms with Crippen molar-refractivity contribution in [3.8, 4) is 6.07 Å². The smallest absolute Gasteiger partial charge is 0.310 e. The van der Waals surface area contributed by atoms with E-state index in [2.05, 4.69) is 0 Å². The summed E-state index contributed by atoms with van der Waals surface area (Å²) in [6, 6.07) is 6.90. The Bertz CT molecular complexity index is 520. The first-order valence-electron chi connectivity index (χ1n) is 5.85. The molecule has 1 aromatic carbocycles. The standard InChI is InChI=1S/C14H14ClNO3/c1-2-19-14(18)7-11-4-3-10(9-16)5-12(11)6-13(17)8-15/h3-5H,2,6-8H2,1H3. The van der Waals surface area contributed by atoms with E-state index >= 15 is 0 Å². The SMILES string of the molecule is CCOC(=O)Cc1ccc(C#N)cc1CC(=O)CCl. The molecule has 0 saturated carbocycles. The van der Waals surface area contributed by atoms with Crippen LogP contribution in [0.15, 0.2) is 18.2 Å². The van der Waals surface area contributed by atoms with Gasteiger partial charge < -0.3 is 4.74 Å². The maximum Gasteiger partial charge on any atom is 0.310 e. The van der Waals surface area contributed by atoms with Crippen molar-refractivity contribution in [3.05, 3.63) is 34.9 Å². The highest BCUT2D eigenvalue weighted by Crippen LogP contribution is 2.15. The molecule has 1 aromatic rings. The average molecular weight is 280 g/mol. The first kappa shape index (κ1) is 15.2. The van der Waals surface area contributed by atoms with Crippen LogP contribution in [0, 0.1) is 11.3 Å². The van der Waals surface area contributed by atoms with Crippen molar-refractivity contribution in [2.24, 2.45) is 0 Å². The van der Waals surface area contributed by atoms with Gasteiger partial charge in [0, 0.05) is 6.42 Å². The van der Waals surface area contributed by atoms with Crippen LogP contribution in [0.25, 0.3) is 0 Å². The minimum atomic E-state index is -0.355. The van der Waals surface area contributed by atoms with Gasteiger partial charge in [0.05, 0.1) is 30.5 Å². The first-order valence-corrected chi connectivity index (χ1v) is 6.39. The number of hydrogen-bond donors (Lipinski definition) is 0. The molecule has 1 rings (SSSR count). The molecular formula is C14H14ClNO3. The number of rotatable bonds is 6. The number of alkyl halides is 1. The van der Waals surface area contributed by atoms with Crippen LogP contribution in [0.1, 0.15) is 23.6 Å². The summed E-state index contributed by atoms with van der Waals surface area (Å²) in [7, 11) is 0. The zero-order valence-electron chi connectivity index (χ0n) is 10.6. The van der Waals surface area contributed by atoms with Gasteiger partial charge in [-0.1, -0.05) is 6.07 Å². The molecule has 0 spiro atoms. The maximum absolute atomic E-state index is 11.5. The van der Waals surface area contributed by atoms with Gasteiger partial charge in [-0.05, 0) is 30.2 Å². The Labute approximate surface area is 116 Å². The van der Waals surface area contributed by atoms with Crippen LogP contribution in [0.3, 0.4) is 0 Å². The monoisotopic (exact) mass is 279 g/mol. The molecule has 0 aromatic heterocycles. The number of Topliss-reactive ketones (excluding diaryl/α,β-unsaturated/α-hetero) is 1. The van der Waals surface area contributed by atoms with Crippen molar-refractivity contribution in [2.45, 2.75) is 19.8 Å². The van der Waals surface area contributed by atoms with Crippen molar-refractivity contribution in [2.75, 3.05) is 12.5 Å². The number of ketones is 1. The molecule has 0 atom stereocenters. The summed E-state index contributed by atoms with van der Waals surface area (Å²) in [6.45, 7) is 2.04. The molecule has 0 bridgehead atoms. The molecule has 0 saturated heterocycles. The number of ether oxygens (including phenoxy) is 1. The number of halogens is 1. The third-order valence-corrected chi connectivity index (χ3v) is 2.81. The largest absolute Gasteiger partial charge is 0.466 e. The van der Waals surface area contributed by atoms with Crippen molar-refractivity contribution in [3.63, 3.8) is 0 Å². The Morgan fingerprint density at radius 3 is 2.63 bits per heavy atom. The summed E-state index contributed by atoms with van der Waals surface area (Å²) in [5.74, 6) is -0.594. The molecule has 0 aliphatic rings. The first-order chi connectivity index (χ1) is 9.10. The maximum atomic E-state index is 11.5. The molecule has 0 fully saturated rings. The van der Waals surface area contributed by atoms with Crippen LogP contribution < -0.4 is 0 Å². The molecular weight excluding hydrogens is 266 g/mol. The summed E-state index contributed by atoms with van der Waals surface area (Å²) in [5, 5.41) is 8.86. The third-order valence-electron chi connectivity index (χ3n) is 2.51. The number of carbonyl (C=O) groups is 2. The van der Waals surface area contributed by atoms with E-state index in [0.717, 1.165) is 0 Å².